The minimum absolute atomic E-state index is 0.129. The van der Waals surface area contributed by atoms with E-state index in [-0.39, 0.29) is 22.6 Å². The third-order valence-electron chi connectivity index (χ3n) is 9.26. The van der Waals surface area contributed by atoms with Crippen molar-refractivity contribution in [3.63, 3.8) is 0 Å². The summed E-state index contributed by atoms with van der Waals surface area (Å²) < 4.78 is 63.2. The lowest BCUT2D eigenvalue weighted by Gasteiger charge is -2.57. The molecule has 4 aliphatic carbocycles. The lowest BCUT2D eigenvalue weighted by Crippen LogP contribution is -2.49. The number of aromatic nitrogens is 1. The highest BCUT2D eigenvalue weighted by molar-refractivity contribution is 7.93. The number of halogens is 3. The van der Waals surface area contributed by atoms with Crippen LogP contribution in [0, 0.1) is 28.6 Å². The summed E-state index contributed by atoms with van der Waals surface area (Å²) in [7, 11) is -5.50. The van der Waals surface area contributed by atoms with Crippen LogP contribution in [0.2, 0.25) is 0 Å². The fourth-order valence-electron chi connectivity index (χ4n) is 7.51. The van der Waals surface area contributed by atoms with Crippen LogP contribution in [0.1, 0.15) is 64.4 Å². The molecule has 0 aliphatic heterocycles. The first-order chi connectivity index (χ1) is 15.8. The van der Waals surface area contributed by atoms with Crippen molar-refractivity contribution in [3.05, 3.63) is 41.7 Å². The lowest BCUT2D eigenvalue weighted by atomic mass is 9.47. The van der Waals surface area contributed by atoms with Crippen LogP contribution < -0.4 is 4.72 Å². The molecule has 2 N–H and O–H groups in total. The van der Waals surface area contributed by atoms with E-state index in [1.807, 2.05) is 0 Å². The van der Waals surface area contributed by atoms with Gasteiger partial charge in [0.15, 0.2) is 0 Å². The van der Waals surface area contributed by atoms with E-state index in [0.717, 1.165) is 56.7 Å². The van der Waals surface area contributed by atoms with E-state index in [2.05, 4.69) is 31.0 Å². The molecule has 5 rings (SSSR count). The number of aliphatic hydroxyl groups excluding tert-OH is 1. The Labute approximate surface area is 198 Å². The van der Waals surface area contributed by atoms with Gasteiger partial charge in [0.1, 0.15) is 0 Å². The molecule has 6 atom stereocenters. The summed E-state index contributed by atoms with van der Waals surface area (Å²) in [4.78, 5) is 4.05. The Morgan fingerprint density at radius 1 is 1.06 bits per heavy atom. The first kappa shape index (κ1) is 23.9. The van der Waals surface area contributed by atoms with E-state index in [1.165, 1.54) is 11.6 Å². The number of hydrogen-bond acceptors (Lipinski definition) is 4. The fourth-order valence-corrected chi connectivity index (χ4v) is 8.05. The van der Waals surface area contributed by atoms with Crippen molar-refractivity contribution in [1.82, 2.24) is 4.98 Å². The summed E-state index contributed by atoms with van der Waals surface area (Å²) in [5.41, 5.74) is -2.44. The molecular weight excluding hydrogens is 465 g/mol. The highest BCUT2D eigenvalue weighted by atomic mass is 32.2. The van der Waals surface area contributed by atoms with Gasteiger partial charge >= 0.3 is 15.5 Å². The normalized spacial score (nSPS) is 37.7. The zero-order valence-electron chi connectivity index (χ0n) is 19.4. The fraction of sp³-hybridized carbons (Fsp3) is 0.640. The Balaban J connectivity index is 1.41. The zero-order valence-corrected chi connectivity index (χ0v) is 20.2. The highest BCUT2D eigenvalue weighted by Crippen LogP contribution is 2.66. The second kappa shape index (κ2) is 7.82. The Morgan fingerprint density at radius 2 is 1.79 bits per heavy atom. The topological polar surface area (TPSA) is 79.3 Å². The van der Waals surface area contributed by atoms with Crippen molar-refractivity contribution in [2.75, 3.05) is 4.72 Å². The first-order valence-corrected chi connectivity index (χ1v) is 13.5. The van der Waals surface area contributed by atoms with Crippen molar-refractivity contribution in [3.8, 4) is 0 Å². The van der Waals surface area contributed by atoms with Gasteiger partial charge in [-0.1, -0.05) is 31.6 Å². The van der Waals surface area contributed by atoms with Crippen LogP contribution in [0.5, 0.6) is 0 Å². The molecule has 0 aromatic carbocycles. The Hall–Kier alpha value is -1.87. The molecule has 2 saturated carbocycles. The average molecular weight is 497 g/mol. The van der Waals surface area contributed by atoms with E-state index < -0.39 is 15.5 Å². The maximum atomic E-state index is 12.8. The molecule has 1 aromatic heterocycles. The summed E-state index contributed by atoms with van der Waals surface area (Å²) >= 11 is 0. The minimum atomic E-state index is -5.50. The van der Waals surface area contributed by atoms with Crippen LogP contribution >= 0.6 is 0 Å². The number of nitrogens with one attached hydrogen (secondary N) is 1. The monoisotopic (exact) mass is 496 g/mol. The highest BCUT2D eigenvalue weighted by Gasteiger charge is 2.56. The van der Waals surface area contributed by atoms with Gasteiger partial charge in [0.25, 0.3) is 0 Å². The summed E-state index contributed by atoms with van der Waals surface area (Å²) in [6, 6.07) is 1.46. The van der Waals surface area contributed by atoms with Crippen molar-refractivity contribution in [2.24, 2.45) is 28.6 Å². The van der Waals surface area contributed by atoms with E-state index in [1.54, 1.807) is 10.9 Å². The molecule has 4 aliphatic rings. The largest absolute Gasteiger partial charge is 0.516 e. The second-order valence-electron chi connectivity index (χ2n) is 11.0. The molecule has 34 heavy (non-hydrogen) atoms. The molecule has 0 unspecified atom stereocenters. The number of anilines is 1. The zero-order chi connectivity index (χ0) is 24.5. The molecule has 5 nitrogen and oxygen atoms in total. The van der Waals surface area contributed by atoms with Gasteiger partial charge < -0.3 is 5.11 Å². The van der Waals surface area contributed by atoms with Gasteiger partial charge in [-0.25, -0.2) is 0 Å². The van der Waals surface area contributed by atoms with Crippen LogP contribution in [0.3, 0.4) is 0 Å². The summed E-state index contributed by atoms with van der Waals surface area (Å²) in [6.45, 7) is 4.61. The van der Waals surface area contributed by atoms with Crippen LogP contribution in [0.4, 0.5) is 18.9 Å². The maximum Gasteiger partial charge on any atom is 0.516 e. The standard InChI is InChI=1S/C25H31F3N2O3S/c1-23-9-7-18(31)12-16(23)3-4-19-21-6-5-20(24(21,2)10-8-22(19)23)15-11-17(14-29-13-15)30-34(32,33)25(26,27)28/h3,5,11,13-14,18-19,21-22,30-31H,4,6-10,12H2,1-2H3/t18-,19-,21-,22-,23-,24+/m0/s1. The SMILES string of the molecule is C[C@]12CC[C@H](O)CC1=CC[C@@H]1[C@@H]2CC[C@]2(C)C(c3cncc(NS(=O)(=O)C(F)(F)F)c3)=CC[C@@H]12. The van der Waals surface area contributed by atoms with Gasteiger partial charge in [-0.15, -0.1) is 0 Å². The first-order valence-electron chi connectivity index (χ1n) is 12.0. The molecule has 1 aromatic rings. The number of rotatable bonds is 3. The van der Waals surface area contributed by atoms with Crippen LogP contribution in [0.25, 0.3) is 5.57 Å². The van der Waals surface area contributed by atoms with Crippen molar-refractivity contribution in [2.45, 2.75) is 70.4 Å². The van der Waals surface area contributed by atoms with Crippen molar-refractivity contribution < 1.29 is 26.7 Å². The van der Waals surface area contributed by atoms with Crippen molar-refractivity contribution >= 4 is 21.3 Å². The molecule has 0 radical (unpaired) electrons. The molecule has 0 spiro atoms. The van der Waals surface area contributed by atoms with E-state index in [9.17, 15) is 26.7 Å². The number of allylic oxidation sites excluding steroid dienone is 3. The minimum Gasteiger partial charge on any atom is -0.393 e. The lowest BCUT2D eigenvalue weighted by molar-refractivity contribution is -0.0429. The predicted molar refractivity (Wildman–Crippen MR) is 124 cm³/mol. The summed E-state index contributed by atoms with van der Waals surface area (Å²) in [5, 5.41) is 10.2. The Bertz CT molecular complexity index is 1160. The third kappa shape index (κ3) is 3.61. The number of fused-ring (bicyclic) bond motifs is 5. The number of alkyl halides is 3. The molecule has 0 saturated heterocycles. The Kier molecular flexibility index (Phi) is 5.48. The van der Waals surface area contributed by atoms with Crippen molar-refractivity contribution in [1.29, 1.82) is 0 Å². The number of hydrogen-bond donors (Lipinski definition) is 2. The molecule has 0 amide bonds. The van der Waals surface area contributed by atoms with Crippen LogP contribution in [0.15, 0.2) is 36.2 Å². The summed E-state index contributed by atoms with van der Waals surface area (Å²) in [6.07, 6.45) is 13.6. The number of pyridine rings is 1. The molecule has 186 valence electrons. The van der Waals surface area contributed by atoms with Gasteiger partial charge in [0.05, 0.1) is 18.0 Å². The number of nitrogens with zero attached hydrogens (tertiary/aromatic N) is 1. The second-order valence-corrected chi connectivity index (χ2v) is 12.7. The molecular formula is C25H31F3N2O3S. The third-order valence-corrected chi connectivity index (χ3v) is 10.4. The van der Waals surface area contributed by atoms with Gasteiger partial charge in [-0.3, -0.25) is 9.71 Å². The molecule has 9 heteroatoms. The van der Waals surface area contributed by atoms with E-state index >= 15 is 0 Å². The van der Waals surface area contributed by atoms with Gasteiger partial charge in [0, 0.05) is 6.20 Å². The van der Waals surface area contributed by atoms with Crippen LogP contribution in [-0.2, 0) is 10.0 Å². The smallest absolute Gasteiger partial charge is 0.393 e. The van der Waals surface area contributed by atoms with Gasteiger partial charge in [-0.2, -0.15) is 21.6 Å². The maximum absolute atomic E-state index is 12.8. The van der Waals surface area contributed by atoms with Gasteiger partial charge in [0.2, 0.25) is 0 Å². The number of aliphatic hydroxyl groups is 1. The van der Waals surface area contributed by atoms with E-state index in [4.69, 9.17) is 0 Å². The quantitative estimate of drug-likeness (QED) is 0.529. The molecule has 2 fully saturated rings. The average Bonchev–Trinajstić information content (AvgIpc) is 3.10. The predicted octanol–water partition coefficient (Wildman–Crippen LogP) is 5.66. The van der Waals surface area contributed by atoms with Gasteiger partial charge in [-0.05, 0) is 90.7 Å². The van der Waals surface area contributed by atoms with Crippen LogP contribution in [-0.4, -0.2) is 30.1 Å². The summed E-state index contributed by atoms with van der Waals surface area (Å²) in [5.74, 6) is 1.49. The van der Waals surface area contributed by atoms with E-state index in [0.29, 0.717) is 23.3 Å². The molecule has 0 bridgehead atoms. The molecule has 1 heterocycles. The number of sulfonamides is 1. The Morgan fingerprint density at radius 3 is 2.53 bits per heavy atom.